The second-order valence-electron chi connectivity index (χ2n) is 5.45. The van der Waals surface area contributed by atoms with Crippen molar-refractivity contribution in [2.45, 2.75) is 13.2 Å². The van der Waals surface area contributed by atoms with Crippen LogP contribution < -0.4 is 10.2 Å². The van der Waals surface area contributed by atoms with Crippen molar-refractivity contribution in [3.8, 4) is 17.0 Å². The largest absolute Gasteiger partial charge is 0.416 e. The quantitative estimate of drug-likeness (QED) is 0.287. The molecule has 1 heterocycles. The first-order valence-corrected chi connectivity index (χ1v) is 8.54. The molecule has 0 saturated heterocycles. The van der Waals surface area contributed by atoms with Crippen LogP contribution in [0.5, 0.6) is 5.88 Å². The molecule has 27 heavy (non-hydrogen) atoms. The summed E-state index contributed by atoms with van der Waals surface area (Å²) in [4.78, 5) is 8.29. The van der Waals surface area contributed by atoms with Gasteiger partial charge in [0.05, 0.1) is 26.0 Å². The molecule has 1 aromatic heterocycles. The SMILES string of the molecule is CNN(C=NCCOC)Cc1cnc(OC(F)F)c(-c2cccc(Cl)c2)c1. The van der Waals surface area contributed by atoms with Gasteiger partial charge in [-0.1, -0.05) is 23.7 Å². The Labute approximate surface area is 161 Å². The van der Waals surface area contributed by atoms with Crippen LogP contribution in [0.4, 0.5) is 8.78 Å². The highest BCUT2D eigenvalue weighted by Gasteiger charge is 2.15. The molecule has 0 saturated carbocycles. The number of benzene rings is 1. The Kier molecular flexibility index (Phi) is 8.38. The van der Waals surface area contributed by atoms with Crippen LogP contribution in [0.25, 0.3) is 11.1 Å². The number of nitrogens with one attached hydrogen (secondary N) is 1. The molecule has 2 rings (SSSR count). The van der Waals surface area contributed by atoms with Crippen molar-refractivity contribution in [2.75, 3.05) is 27.3 Å². The molecule has 0 unspecified atom stereocenters. The van der Waals surface area contributed by atoms with Gasteiger partial charge in [0.2, 0.25) is 5.88 Å². The number of pyridine rings is 1. The molecule has 0 aliphatic carbocycles. The number of rotatable bonds is 10. The average Bonchev–Trinajstić information content (AvgIpc) is 2.65. The summed E-state index contributed by atoms with van der Waals surface area (Å²) in [7, 11) is 3.36. The third kappa shape index (κ3) is 6.74. The average molecular weight is 399 g/mol. The van der Waals surface area contributed by atoms with E-state index in [2.05, 4.69) is 20.1 Å². The molecule has 0 aliphatic heterocycles. The van der Waals surface area contributed by atoms with Gasteiger partial charge in [-0.2, -0.15) is 8.78 Å². The molecule has 146 valence electrons. The van der Waals surface area contributed by atoms with Gasteiger partial charge in [-0.25, -0.2) is 10.4 Å². The van der Waals surface area contributed by atoms with E-state index in [0.29, 0.717) is 35.8 Å². The zero-order chi connectivity index (χ0) is 19.6. The Balaban J connectivity index is 2.27. The third-order valence-electron chi connectivity index (χ3n) is 3.53. The van der Waals surface area contributed by atoms with E-state index in [9.17, 15) is 8.78 Å². The van der Waals surface area contributed by atoms with E-state index >= 15 is 0 Å². The van der Waals surface area contributed by atoms with Gasteiger partial charge < -0.3 is 9.47 Å². The number of aromatic nitrogens is 1. The Bertz CT molecular complexity index is 762. The minimum Gasteiger partial charge on any atom is -0.416 e. The second-order valence-corrected chi connectivity index (χ2v) is 5.89. The molecule has 0 bridgehead atoms. The minimum absolute atomic E-state index is 0.152. The zero-order valence-corrected chi connectivity index (χ0v) is 15.8. The van der Waals surface area contributed by atoms with Gasteiger partial charge in [0.1, 0.15) is 0 Å². The molecular weight excluding hydrogens is 378 g/mol. The molecule has 1 aromatic carbocycles. The van der Waals surface area contributed by atoms with Crippen molar-refractivity contribution in [3.05, 3.63) is 47.1 Å². The molecule has 2 aromatic rings. The predicted octanol–water partition coefficient (Wildman–Crippen LogP) is 3.61. The molecule has 0 fully saturated rings. The number of halogens is 3. The van der Waals surface area contributed by atoms with Gasteiger partial charge in [0, 0.05) is 30.9 Å². The smallest absolute Gasteiger partial charge is 0.388 e. The number of alkyl halides is 2. The molecule has 0 atom stereocenters. The zero-order valence-electron chi connectivity index (χ0n) is 15.0. The molecule has 9 heteroatoms. The molecule has 0 spiro atoms. The Morgan fingerprint density at radius 1 is 1.37 bits per heavy atom. The van der Waals surface area contributed by atoms with Gasteiger partial charge in [0.15, 0.2) is 0 Å². The third-order valence-corrected chi connectivity index (χ3v) is 3.76. The lowest BCUT2D eigenvalue weighted by molar-refractivity contribution is -0.0524. The van der Waals surface area contributed by atoms with Gasteiger partial charge in [-0.3, -0.25) is 10.0 Å². The van der Waals surface area contributed by atoms with Crippen molar-refractivity contribution >= 4 is 17.9 Å². The van der Waals surface area contributed by atoms with E-state index in [0.717, 1.165) is 5.56 Å². The summed E-state index contributed by atoms with van der Waals surface area (Å²) in [5.41, 5.74) is 4.83. The van der Waals surface area contributed by atoms with Gasteiger partial charge in [0.25, 0.3) is 0 Å². The van der Waals surface area contributed by atoms with Crippen molar-refractivity contribution in [3.63, 3.8) is 0 Å². The highest BCUT2D eigenvalue weighted by molar-refractivity contribution is 6.30. The van der Waals surface area contributed by atoms with Crippen LogP contribution in [0.2, 0.25) is 5.02 Å². The fourth-order valence-electron chi connectivity index (χ4n) is 2.30. The molecular formula is C18H21ClF2N4O2. The first kappa shape index (κ1) is 21.0. The number of hydrogen-bond acceptors (Lipinski definition) is 5. The summed E-state index contributed by atoms with van der Waals surface area (Å²) in [6, 6.07) is 8.60. The van der Waals surface area contributed by atoms with Crippen LogP contribution in [0.1, 0.15) is 5.56 Å². The van der Waals surface area contributed by atoms with Crippen LogP contribution in [0, 0.1) is 0 Å². The second kappa shape index (κ2) is 10.8. The van der Waals surface area contributed by atoms with E-state index in [1.54, 1.807) is 55.8 Å². The molecule has 0 radical (unpaired) electrons. The number of aliphatic imine (C=N–C) groups is 1. The highest BCUT2D eigenvalue weighted by Crippen LogP contribution is 2.31. The standard InChI is InChI=1S/C18H21ClF2N4O2/c1-22-25(12-23-6-7-26-2)11-13-8-16(14-4-3-5-15(19)9-14)17(24-10-13)27-18(20)21/h3-5,8-10,12,18,22H,6-7,11H2,1-2H3. The Morgan fingerprint density at radius 3 is 2.85 bits per heavy atom. The summed E-state index contributed by atoms with van der Waals surface area (Å²) in [6.45, 7) is -1.50. The number of hydrazine groups is 1. The first-order chi connectivity index (χ1) is 13.0. The van der Waals surface area contributed by atoms with E-state index in [1.165, 1.54) is 6.20 Å². The molecule has 0 amide bonds. The summed E-state index contributed by atoms with van der Waals surface area (Å²) in [6.07, 6.45) is 3.13. The summed E-state index contributed by atoms with van der Waals surface area (Å²) in [5.74, 6) is -0.152. The van der Waals surface area contributed by atoms with Crippen molar-refractivity contribution < 1.29 is 18.3 Å². The number of ether oxygens (including phenoxy) is 2. The van der Waals surface area contributed by atoms with Crippen molar-refractivity contribution in [2.24, 2.45) is 4.99 Å². The van der Waals surface area contributed by atoms with Crippen LogP contribution >= 0.6 is 11.6 Å². The summed E-state index contributed by atoms with van der Waals surface area (Å²) >= 11 is 6.03. The van der Waals surface area contributed by atoms with E-state index in [4.69, 9.17) is 16.3 Å². The maximum absolute atomic E-state index is 12.7. The van der Waals surface area contributed by atoms with E-state index in [1.807, 2.05) is 0 Å². The predicted molar refractivity (Wildman–Crippen MR) is 101 cm³/mol. The van der Waals surface area contributed by atoms with Crippen molar-refractivity contribution in [1.29, 1.82) is 0 Å². The molecule has 6 nitrogen and oxygen atoms in total. The maximum atomic E-state index is 12.7. The summed E-state index contributed by atoms with van der Waals surface area (Å²) in [5, 5.41) is 2.23. The topological polar surface area (TPSA) is 59.0 Å². The highest BCUT2D eigenvalue weighted by atomic mass is 35.5. The van der Waals surface area contributed by atoms with E-state index < -0.39 is 6.61 Å². The Hall–Kier alpha value is -2.29. The summed E-state index contributed by atoms with van der Waals surface area (Å²) < 4.78 is 35.0. The first-order valence-electron chi connectivity index (χ1n) is 8.16. The Morgan fingerprint density at radius 2 is 2.19 bits per heavy atom. The number of methoxy groups -OCH3 is 1. The van der Waals surface area contributed by atoms with E-state index in [-0.39, 0.29) is 5.88 Å². The fraction of sp³-hybridized carbons (Fsp3) is 0.333. The monoisotopic (exact) mass is 398 g/mol. The lowest BCUT2D eigenvalue weighted by atomic mass is 10.1. The van der Waals surface area contributed by atoms with Crippen molar-refractivity contribution in [1.82, 2.24) is 15.4 Å². The minimum atomic E-state index is -2.97. The lowest BCUT2D eigenvalue weighted by Gasteiger charge is -2.19. The van der Waals surface area contributed by atoms with Gasteiger partial charge in [-0.05, 0) is 29.3 Å². The van der Waals surface area contributed by atoms with Crippen LogP contribution in [0.15, 0.2) is 41.5 Å². The van der Waals surface area contributed by atoms with Gasteiger partial charge >= 0.3 is 6.61 Å². The number of hydrogen-bond donors (Lipinski definition) is 1. The van der Waals surface area contributed by atoms with Crippen LogP contribution in [-0.4, -0.2) is 50.3 Å². The maximum Gasteiger partial charge on any atom is 0.388 e. The number of nitrogens with zero attached hydrogens (tertiary/aromatic N) is 3. The van der Waals surface area contributed by atoms with Crippen LogP contribution in [-0.2, 0) is 11.3 Å². The molecule has 1 N–H and O–H groups in total. The van der Waals surface area contributed by atoms with Crippen LogP contribution in [0.3, 0.4) is 0 Å². The molecule has 0 aliphatic rings. The lowest BCUT2D eigenvalue weighted by Crippen LogP contribution is -2.33. The van der Waals surface area contributed by atoms with Gasteiger partial charge in [-0.15, -0.1) is 0 Å². The fourth-order valence-corrected chi connectivity index (χ4v) is 2.49. The normalized spacial score (nSPS) is 11.3.